The predicted octanol–water partition coefficient (Wildman–Crippen LogP) is 1.77. The first-order chi connectivity index (χ1) is 12.6. The van der Waals surface area contributed by atoms with E-state index in [4.69, 9.17) is 9.73 Å². The van der Waals surface area contributed by atoms with Gasteiger partial charge in [-0.2, -0.15) is 0 Å². The Kier molecular flexibility index (Phi) is 9.72. The Balaban J connectivity index is 1.81. The van der Waals surface area contributed by atoms with Gasteiger partial charge in [-0.3, -0.25) is 14.8 Å². The van der Waals surface area contributed by atoms with Crippen molar-refractivity contribution in [2.45, 2.75) is 59.1 Å². The number of piperidine rings is 1. The third kappa shape index (κ3) is 7.41. The Labute approximate surface area is 160 Å². The Hall–Kier alpha value is -0.850. The number of hydrogen-bond donors (Lipinski definition) is 2. The highest BCUT2D eigenvalue weighted by molar-refractivity contribution is 5.79. The van der Waals surface area contributed by atoms with Crippen LogP contribution in [0.15, 0.2) is 4.99 Å². The molecule has 2 fully saturated rings. The summed E-state index contributed by atoms with van der Waals surface area (Å²) in [5.41, 5.74) is 0. The number of likely N-dealkylation sites (tertiary alicyclic amines) is 1. The van der Waals surface area contributed by atoms with Crippen LogP contribution in [0.5, 0.6) is 0 Å². The number of morpholine rings is 1. The third-order valence-corrected chi connectivity index (χ3v) is 5.30. The lowest BCUT2D eigenvalue weighted by Crippen LogP contribution is -2.50. The average Bonchev–Trinajstić information content (AvgIpc) is 2.64. The smallest absolute Gasteiger partial charge is 0.191 e. The first kappa shape index (κ1) is 21.5. The van der Waals surface area contributed by atoms with Gasteiger partial charge in [-0.05, 0) is 38.8 Å². The minimum Gasteiger partial charge on any atom is -0.374 e. The van der Waals surface area contributed by atoms with Crippen molar-refractivity contribution in [2.24, 2.45) is 10.9 Å². The minimum absolute atomic E-state index is 0.244. The van der Waals surface area contributed by atoms with E-state index < -0.39 is 0 Å². The summed E-state index contributed by atoms with van der Waals surface area (Å²) in [5.74, 6) is 1.64. The van der Waals surface area contributed by atoms with Crippen LogP contribution in [-0.4, -0.2) is 86.9 Å². The van der Waals surface area contributed by atoms with Crippen LogP contribution in [0.25, 0.3) is 0 Å². The van der Waals surface area contributed by atoms with Gasteiger partial charge in [-0.25, -0.2) is 0 Å². The van der Waals surface area contributed by atoms with Gasteiger partial charge in [0.15, 0.2) is 5.96 Å². The quantitative estimate of drug-likeness (QED) is 0.506. The number of guanidine groups is 1. The number of hydrogen-bond acceptors (Lipinski definition) is 4. The van der Waals surface area contributed by atoms with Crippen molar-refractivity contribution in [3.63, 3.8) is 0 Å². The van der Waals surface area contributed by atoms with Crippen LogP contribution in [-0.2, 0) is 4.74 Å². The van der Waals surface area contributed by atoms with Gasteiger partial charge in [-0.15, -0.1) is 0 Å². The Morgan fingerprint density at radius 2 is 2.04 bits per heavy atom. The van der Waals surface area contributed by atoms with Gasteiger partial charge in [0.25, 0.3) is 0 Å². The highest BCUT2D eigenvalue weighted by atomic mass is 16.5. The fourth-order valence-corrected chi connectivity index (χ4v) is 4.02. The zero-order chi connectivity index (χ0) is 18.8. The Morgan fingerprint density at radius 3 is 2.77 bits per heavy atom. The van der Waals surface area contributed by atoms with Crippen LogP contribution < -0.4 is 10.6 Å². The molecule has 26 heavy (non-hydrogen) atoms. The Morgan fingerprint density at radius 1 is 1.19 bits per heavy atom. The van der Waals surface area contributed by atoms with Crippen molar-refractivity contribution in [1.82, 2.24) is 20.4 Å². The summed E-state index contributed by atoms with van der Waals surface area (Å²) in [6.07, 6.45) is 4.18. The third-order valence-electron chi connectivity index (χ3n) is 5.30. The first-order valence-corrected chi connectivity index (χ1v) is 10.7. The second-order valence-electron chi connectivity index (χ2n) is 8.02. The maximum atomic E-state index is 5.95. The molecule has 0 aromatic rings. The summed E-state index contributed by atoms with van der Waals surface area (Å²) in [5, 5.41) is 6.89. The maximum absolute atomic E-state index is 5.95. The topological polar surface area (TPSA) is 52.1 Å². The summed E-state index contributed by atoms with van der Waals surface area (Å²) in [4.78, 5) is 9.96. The fourth-order valence-electron chi connectivity index (χ4n) is 4.02. The second kappa shape index (κ2) is 11.8. The molecule has 2 N–H and O–H groups in total. The average molecular weight is 368 g/mol. The van der Waals surface area contributed by atoms with E-state index in [1.165, 1.54) is 25.8 Å². The molecule has 0 aromatic carbocycles. The monoisotopic (exact) mass is 367 g/mol. The van der Waals surface area contributed by atoms with Crippen LogP contribution in [0.2, 0.25) is 0 Å². The molecule has 6 nitrogen and oxygen atoms in total. The molecule has 152 valence electrons. The van der Waals surface area contributed by atoms with Gasteiger partial charge < -0.3 is 15.4 Å². The molecule has 2 aliphatic heterocycles. The summed E-state index contributed by atoms with van der Waals surface area (Å²) in [6.45, 7) is 17.9. The van der Waals surface area contributed by atoms with E-state index in [2.05, 4.69) is 48.1 Å². The van der Waals surface area contributed by atoms with Gasteiger partial charge in [0.1, 0.15) is 0 Å². The summed E-state index contributed by atoms with van der Waals surface area (Å²) >= 11 is 0. The molecule has 0 aromatic heterocycles. The molecule has 0 spiro atoms. The SMILES string of the molecule is CCNC(=NCC1CCCCN1CC)NCC1CN(CC(C)C)CCO1. The van der Waals surface area contributed by atoms with E-state index in [-0.39, 0.29) is 6.10 Å². The van der Waals surface area contributed by atoms with Gasteiger partial charge in [0, 0.05) is 38.8 Å². The number of nitrogens with one attached hydrogen (secondary N) is 2. The molecule has 2 atom stereocenters. The number of likely N-dealkylation sites (N-methyl/N-ethyl adjacent to an activating group) is 1. The molecular formula is C20H41N5O. The van der Waals surface area contributed by atoms with Crippen LogP contribution >= 0.6 is 0 Å². The molecule has 0 amide bonds. The van der Waals surface area contributed by atoms with Crippen LogP contribution in [0.4, 0.5) is 0 Å². The van der Waals surface area contributed by atoms with Crippen molar-refractivity contribution in [3.05, 3.63) is 0 Å². The molecule has 2 saturated heterocycles. The van der Waals surface area contributed by atoms with Crippen molar-refractivity contribution in [3.8, 4) is 0 Å². The van der Waals surface area contributed by atoms with Gasteiger partial charge in [0.05, 0.1) is 19.3 Å². The van der Waals surface area contributed by atoms with Crippen molar-refractivity contribution in [2.75, 3.05) is 59.0 Å². The van der Waals surface area contributed by atoms with E-state index >= 15 is 0 Å². The fraction of sp³-hybridized carbons (Fsp3) is 0.950. The molecule has 0 bridgehead atoms. The number of ether oxygens (including phenoxy) is 1. The van der Waals surface area contributed by atoms with Gasteiger partial charge in [-0.1, -0.05) is 27.2 Å². The second-order valence-corrected chi connectivity index (χ2v) is 8.02. The number of nitrogens with zero attached hydrogens (tertiary/aromatic N) is 3. The van der Waals surface area contributed by atoms with Gasteiger partial charge in [0.2, 0.25) is 0 Å². The molecule has 0 radical (unpaired) electrons. The van der Waals surface area contributed by atoms with E-state index in [1.807, 2.05) is 0 Å². The molecule has 2 heterocycles. The molecular weight excluding hydrogens is 326 g/mol. The molecule has 2 aliphatic rings. The minimum atomic E-state index is 0.244. The summed E-state index contributed by atoms with van der Waals surface area (Å²) in [7, 11) is 0. The van der Waals surface area contributed by atoms with Crippen molar-refractivity contribution >= 4 is 5.96 Å². The highest BCUT2D eigenvalue weighted by Crippen LogP contribution is 2.16. The van der Waals surface area contributed by atoms with E-state index in [9.17, 15) is 0 Å². The molecule has 2 rings (SSSR count). The molecule has 0 aliphatic carbocycles. The first-order valence-electron chi connectivity index (χ1n) is 10.7. The highest BCUT2D eigenvalue weighted by Gasteiger charge is 2.22. The normalized spacial score (nSPS) is 26.3. The van der Waals surface area contributed by atoms with Crippen molar-refractivity contribution in [1.29, 1.82) is 0 Å². The molecule has 2 unspecified atom stereocenters. The van der Waals surface area contributed by atoms with Crippen LogP contribution in [0.1, 0.15) is 47.0 Å². The van der Waals surface area contributed by atoms with E-state index in [1.54, 1.807) is 0 Å². The Bertz CT molecular complexity index is 415. The summed E-state index contributed by atoms with van der Waals surface area (Å²) in [6, 6.07) is 0.594. The largest absolute Gasteiger partial charge is 0.374 e. The predicted molar refractivity (Wildman–Crippen MR) is 110 cm³/mol. The lowest BCUT2D eigenvalue weighted by Gasteiger charge is -2.34. The maximum Gasteiger partial charge on any atom is 0.191 e. The number of aliphatic imine (C=N–C) groups is 1. The van der Waals surface area contributed by atoms with E-state index in [0.29, 0.717) is 12.0 Å². The molecule has 6 heteroatoms. The number of rotatable bonds is 8. The van der Waals surface area contributed by atoms with E-state index in [0.717, 1.165) is 58.4 Å². The lowest BCUT2D eigenvalue weighted by atomic mass is 10.0. The lowest BCUT2D eigenvalue weighted by molar-refractivity contribution is -0.0284. The standard InChI is InChI=1S/C20H41N5O/c1-5-21-20(22-13-18-9-7-8-10-25(18)6-2)23-14-19-16-24(11-12-26-19)15-17(3)4/h17-19H,5-16H2,1-4H3,(H2,21,22,23). The zero-order valence-corrected chi connectivity index (χ0v) is 17.5. The zero-order valence-electron chi connectivity index (χ0n) is 17.5. The van der Waals surface area contributed by atoms with Crippen molar-refractivity contribution < 1.29 is 4.74 Å². The molecule has 0 saturated carbocycles. The van der Waals surface area contributed by atoms with Crippen LogP contribution in [0.3, 0.4) is 0 Å². The summed E-state index contributed by atoms with van der Waals surface area (Å²) < 4.78 is 5.95. The van der Waals surface area contributed by atoms with Crippen LogP contribution in [0, 0.1) is 5.92 Å². The van der Waals surface area contributed by atoms with Gasteiger partial charge >= 0.3 is 0 Å².